The smallest absolute Gasteiger partial charge is 0.153 e. The van der Waals surface area contributed by atoms with E-state index < -0.39 is 0 Å². The van der Waals surface area contributed by atoms with Gasteiger partial charge in [0.1, 0.15) is 0 Å². The average Bonchev–Trinajstić information content (AvgIpc) is 3.01. The molecule has 0 aliphatic heterocycles. The fourth-order valence-electron chi connectivity index (χ4n) is 1.47. The zero-order valence-corrected chi connectivity index (χ0v) is 9.06. The summed E-state index contributed by atoms with van der Waals surface area (Å²) in [5.41, 5.74) is 1.60. The molecule has 0 bridgehead atoms. The molecular weight excluding hydrogens is 190 g/mol. The van der Waals surface area contributed by atoms with Crippen LogP contribution in [0.25, 0.3) is 0 Å². The van der Waals surface area contributed by atoms with Crippen LogP contribution in [-0.4, -0.2) is 26.5 Å². The summed E-state index contributed by atoms with van der Waals surface area (Å²) in [6, 6.07) is 5.63. The monoisotopic (exact) mass is 205 g/mol. The van der Waals surface area contributed by atoms with Crippen LogP contribution in [0.1, 0.15) is 23.2 Å². The molecule has 0 aromatic heterocycles. The van der Waals surface area contributed by atoms with Crippen molar-refractivity contribution in [3.8, 4) is 5.75 Å². The lowest BCUT2D eigenvalue weighted by molar-refractivity contribution is 0.111. The Hall–Kier alpha value is -1.51. The minimum atomic E-state index is 0.310. The molecule has 2 rings (SSSR count). The predicted octanol–water partition coefficient (Wildman–Crippen LogP) is 2.11. The fourth-order valence-corrected chi connectivity index (χ4v) is 1.47. The van der Waals surface area contributed by atoms with Crippen molar-refractivity contribution < 1.29 is 9.53 Å². The van der Waals surface area contributed by atoms with Gasteiger partial charge in [-0.1, -0.05) is 6.07 Å². The molecule has 1 fully saturated rings. The molecule has 0 atom stereocenters. The van der Waals surface area contributed by atoms with E-state index in [2.05, 4.69) is 0 Å². The van der Waals surface area contributed by atoms with Gasteiger partial charge in [0.15, 0.2) is 12.0 Å². The lowest BCUT2D eigenvalue weighted by atomic mass is 10.2. The van der Waals surface area contributed by atoms with Gasteiger partial charge in [0.2, 0.25) is 0 Å². The van der Waals surface area contributed by atoms with Crippen LogP contribution >= 0.6 is 0 Å². The maximum absolute atomic E-state index is 10.9. The highest BCUT2D eigenvalue weighted by molar-refractivity contribution is 5.84. The largest absolute Gasteiger partial charge is 0.487 e. The number of hydrogen-bond acceptors (Lipinski definition) is 3. The molecule has 1 aliphatic carbocycles. The molecule has 0 spiro atoms. The highest BCUT2D eigenvalue weighted by Gasteiger charge is 2.26. The molecule has 0 N–H and O–H groups in total. The topological polar surface area (TPSA) is 29.5 Å². The highest BCUT2D eigenvalue weighted by Crippen LogP contribution is 2.35. The second-order valence-corrected chi connectivity index (χ2v) is 4.02. The number of nitrogens with zero attached hydrogens (tertiary/aromatic N) is 1. The Morgan fingerprint density at radius 2 is 2.13 bits per heavy atom. The van der Waals surface area contributed by atoms with E-state index in [0.29, 0.717) is 11.7 Å². The molecule has 0 radical (unpaired) electrons. The first kappa shape index (κ1) is 10.0. The van der Waals surface area contributed by atoms with Crippen molar-refractivity contribution in [3.05, 3.63) is 23.8 Å². The van der Waals surface area contributed by atoms with E-state index in [-0.39, 0.29) is 0 Å². The van der Waals surface area contributed by atoms with Crippen LogP contribution in [0.3, 0.4) is 0 Å². The van der Waals surface area contributed by atoms with Crippen molar-refractivity contribution in [1.82, 2.24) is 0 Å². The van der Waals surface area contributed by atoms with Gasteiger partial charge < -0.3 is 9.64 Å². The van der Waals surface area contributed by atoms with Gasteiger partial charge in [-0.15, -0.1) is 0 Å². The van der Waals surface area contributed by atoms with E-state index in [1.807, 2.05) is 31.1 Å². The van der Waals surface area contributed by atoms with Crippen LogP contribution in [-0.2, 0) is 0 Å². The van der Waals surface area contributed by atoms with Gasteiger partial charge in [0.25, 0.3) is 0 Å². The maximum atomic E-state index is 10.9. The van der Waals surface area contributed by atoms with Crippen LogP contribution < -0.4 is 9.64 Å². The number of carbonyl (C=O) groups is 1. The standard InChI is InChI=1S/C12H15NO2/c1-13(2)11-5-3-4-9(8-14)12(11)15-10-6-7-10/h3-5,8,10H,6-7H2,1-2H3. The van der Waals surface area contributed by atoms with Crippen LogP contribution in [0.4, 0.5) is 5.69 Å². The Morgan fingerprint density at radius 1 is 1.40 bits per heavy atom. The second kappa shape index (κ2) is 3.93. The van der Waals surface area contributed by atoms with E-state index in [1.54, 1.807) is 6.07 Å². The average molecular weight is 205 g/mol. The van der Waals surface area contributed by atoms with Crippen LogP contribution in [0.2, 0.25) is 0 Å². The Kier molecular flexibility index (Phi) is 2.62. The number of carbonyl (C=O) groups excluding carboxylic acids is 1. The zero-order valence-electron chi connectivity index (χ0n) is 9.06. The van der Waals surface area contributed by atoms with Crippen LogP contribution in [0, 0.1) is 0 Å². The van der Waals surface area contributed by atoms with Gasteiger partial charge in [0.05, 0.1) is 17.4 Å². The Labute approximate surface area is 89.7 Å². The normalized spacial score (nSPS) is 14.8. The van der Waals surface area contributed by atoms with Crippen molar-refractivity contribution in [2.75, 3.05) is 19.0 Å². The van der Waals surface area contributed by atoms with E-state index in [1.165, 1.54) is 0 Å². The molecule has 15 heavy (non-hydrogen) atoms. The van der Waals surface area contributed by atoms with E-state index in [9.17, 15) is 4.79 Å². The minimum absolute atomic E-state index is 0.310. The van der Waals surface area contributed by atoms with E-state index in [4.69, 9.17) is 4.74 Å². The van der Waals surface area contributed by atoms with E-state index in [0.717, 1.165) is 30.6 Å². The molecule has 1 aromatic carbocycles. The molecule has 0 amide bonds. The number of aldehydes is 1. The number of rotatable bonds is 4. The predicted molar refractivity (Wildman–Crippen MR) is 59.8 cm³/mol. The lowest BCUT2D eigenvalue weighted by Gasteiger charge is -2.18. The summed E-state index contributed by atoms with van der Waals surface area (Å²) < 4.78 is 5.77. The zero-order chi connectivity index (χ0) is 10.8. The first-order valence-corrected chi connectivity index (χ1v) is 5.14. The Morgan fingerprint density at radius 3 is 2.67 bits per heavy atom. The van der Waals surface area contributed by atoms with Crippen LogP contribution in [0.5, 0.6) is 5.75 Å². The molecule has 0 unspecified atom stereocenters. The summed E-state index contributed by atoms with van der Waals surface area (Å²) in [5, 5.41) is 0. The summed E-state index contributed by atoms with van der Waals surface area (Å²) in [7, 11) is 3.90. The first-order chi connectivity index (χ1) is 7.22. The lowest BCUT2D eigenvalue weighted by Crippen LogP contribution is -2.12. The molecular formula is C12H15NO2. The summed E-state index contributed by atoms with van der Waals surface area (Å²) in [5.74, 6) is 0.722. The molecule has 1 aliphatic rings. The van der Waals surface area contributed by atoms with E-state index >= 15 is 0 Å². The SMILES string of the molecule is CN(C)c1cccc(C=O)c1OC1CC1. The van der Waals surface area contributed by atoms with Crippen molar-refractivity contribution >= 4 is 12.0 Å². The van der Waals surface area contributed by atoms with Crippen LogP contribution in [0.15, 0.2) is 18.2 Å². The molecule has 0 saturated heterocycles. The van der Waals surface area contributed by atoms with Crippen molar-refractivity contribution in [1.29, 1.82) is 0 Å². The summed E-state index contributed by atoms with van der Waals surface area (Å²) in [6.07, 6.45) is 3.36. The van der Waals surface area contributed by atoms with Gasteiger partial charge in [-0.2, -0.15) is 0 Å². The number of ether oxygens (including phenoxy) is 1. The second-order valence-electron chi connectivity index (χ2n) is 4.02. The third kappa shape index (κ3) is 2.12. The van der Waals surface area contributed by atoms with Crippen molar-refractivity contribution in [2.24, 2.45) is 0 Å². The summed E-state index contributed by atoms with van der Waals surface area (Å²) >= 11 is 0. The summed E-state index contributed by atoms with van der Waals surface area (Å²) in [4.78, 5) is 12.9. The minimum Gasteiger partial charge on any atom is -0.487 e. The Balaban J connectivity index is 2.38. The van der Waals surface area contributed by atoms with Gasteiger partial charge >= 0.3 is 0 Å². The third-order valence-corrected chi connectivity index (χ3v) is 2.44. The molecule has 3 nitrogen and oxygen atoms in total. The molecule has 80 valence electrons. The maximum Gasteiger partial charge on any atom is 0.153 e. The number of benzene rings is 1. The fraction of sp³-hybridized carbons (Fsp3) is 0.417. The van der Waals surface area contributed by atoms with Crippen molar-refractivity contribution in [3.63, 3.8) is 0 Å². The van der Waals surface area contributed by atoms with Gasteiger partial charge in [-0.3, -0.25) is 4.79 Å². The number of anilines is 1. The Bertz CT molecular complexity index is 370. The van der Waals surface area contributed by atoms with Gasteiger partial charge in [0, 0.05) is 14.1 Å². The highest BCUT2D eigenvalue weighted by atomic mass is 16.5. The van der Waals surface area contributed by atoms with Gasteiger partial charge in [-0.05, 0) is 25.0 Å². The first-order valence-electron chi connectivity index (χ1n) is 5.14. The molecule has 1 saturated carbocycles. The number of para-hydroxylation sites is 1. The van der Waals surface area contributed by atoms with Crippen molar-refractivity contribution in [2.45, 2.75) is 18.9 Å². The summed E-state index contributed by atoms with van der Waals surface area (Å²) in [6.45, 7) is 0. The molecule has 0 heterocycles. The van der Waals surface area contributed by atoms with Gasteiger partial charge in [-0.25, -0.2) is 0 Å². The molecule has 3 heteroatoms. The third-order valence-electron chi connectivity index (χ3n) is 2.44. The number of hydrogen-bond donors (Lipinski definition) is 0. The quantitative estimate of drug-likeness (QED) is 0.705. The molecule has 1 aromatic rings.